The van der Waals surface area contributed by atoms with Gasteiger partial charge in [0.15, 0.2) is 11.6 Å². The Morgan fingerprint density at radius 3 is 2.80 bits per heavy atom. The number of aromatic nitrogens is 3. The SMILES string of the molecule is COc1ccc(-n2cnnc2Cl)cc1F. The highest BCUT2D eigenvalue weighted by Crippen LogP contribution is 2.21. The molecule has 0 bridgehead atoms. The largest absolute Gasteiger partial charge is 0.494 e. The van der Waals surface area contributed by atoms with Gasteiger partial charge in [0.05, 0.1) is 12.8 Å². The molecule has 0 saturated carbocycles. The van der Waals surface area contributed by atoms with E-state index in [0.29, 0.717) is 5.69 Å². The van der Waals surface area contributed by atoms with E-state index in [1.807, 2.05) is 0 Å². The number of nitrogens with zero attached hydrogens (tertiary/aromatic N) is 3. The molecule has 0 aliphatic rings. The van der Waals surface area contributed by atoms with Crippen molar-refractivity contribution in [3.63, 3.8) is 0 Å². The second-order valence-electron chi connectivity index (χ2n) is 2.79. The summed E-state index contributed by atoms with van der Waals surface area (Å²) in [6, 6.07) is 4.48. The molecular formula is C9H7ClFN3O. The van der Waals surface area contributed by atoms with Gasteiger partial charge in [0.25, 0.3) is 0 Å². The van der Waals surface area contributed by atoms with Gasteiger partial charge in [0.2, 0.25) is 5.28 Å². The molecule has 1 aromatic heterocycles. The first-order valence-electron chi connectivity index (χ1n) is 4.12. The highest BCUT2D eigenvalue weighted by atomic mass is 35.5. The fraction of sp³-hybridized carbons (Fsp3) is 0.111. The molecule has 0 fully saturated rings. The van der Waals surface area contributed by atoms with E-state index in [0.717, 1.165) is 0 Å². The molecule has 4 nitrogen and oxygen atoms in total. The monoisotopic (exact) mass is 227 g/mol. The molecule has 1 aromatic carbocycles. The van der Waals surface area contributed by atoms with Crippen molar-refractivity contribution in [2.75, 3.05) is 7.11 Å². The molecule has 0 radical (unpaired) electrons. The maximum Gasteiger partial charge on any atom is 0.229 e. The van der Waals surface area contributed by atoms with Crippen LogP contribution in [-0.4, -0.2) is 21.9 Å². The minimum absolute atomic E-state index is 0.180. The zero-order chi connectivity index (χ0) is 10.8. The highest BCUT2D eigenvalue weighted by Gasteiger charge is 2.07. The maximum atomic E-state index is 13.4. The molecule has 0 aliphatic carbocycles. The van der Waals surface area contributed by atoms with Gasteiger partial charge in [0, 0.05) is 6.07 Å². The van der Waals surface area contributed by atoms with E-state index in [1.54, 1.807) is 6.07 Å². The van der Waals surface area contributed by atoms with Gasteiger partial charge >= 0.3 is 0 Å². The van der Waals surface area contributed by atoms with E-state index < -0.39 is 5.82 Å². The Hall–Kier alpha value is -1.62. The molecule has 0 N–H and O–H groups in total. The molecule has 2 rings (SSSR count). The molecule has 6 heteroatoms. The summed E-state index contributed by atoms with van der Waals surface area (Å²) in [5.41, 5.74) is 0.545. The molecular weight excluding hydrogens is 221 g/mol. The highest BCUT2D eigenvalue weighted by molar-refractivity contribution is 6.28. The number of halogens is 2. The van der Waals surface area contributed by atoms with Crippen molar-refractivity contribution in [2.45, 2.75) is 0 Å². The van der Waals surface area contributed by atoms with Crippen molar-refractivity contribution < 1.29 is 9.13 Å². The average molecular weight is 228 g/mol. The van der Waals surface area contributed by atoms with Crippen molar-refractivity contribution in [3.8, 4) is 11.4 Å². The Kier molecular flexibility index (Phi) is 2.55. The summed E-state index contributed by atoms with van der Waals surface area (Å²) in [6.07, 6.45) is 1.41. The van der Waals surface area contributed by atoms with Crippen LogP contribution in [0.4, 0.5) is 4.39 Å². The Morgan fingerprint density at radius 1 is 1.47 bits per heavy atom. The predicted octanol–water partition coefficient (Wildman–Crippen LogP) is 2.07. The smallest absolute Gasteiger partial charge is 0.229 e. The van der Waals surface area contributed by atoms with Crippen LogP contribution in [0.5, 0.6) is 5.75 Å². The number of ether oxygens (including phenoxy) is 1. The summed E-state index contributed by atoms with van der Waals surface area (Å²) in [5.74, 6) is -0.275. The molecule has 15 heavy (non-hydrogen) atoms. The Bertz CT molecular complexity index is 486. The van der Waals surface area contributed by atoms with Crippen LogP contribution in [0.25, 0.3) is 5.69 Å². The fourth-order valence-electron chi connectivity index (χ4n) is 1.20. The second-order valence-corrected chi connectivity index (χ2v) is 3.13. The standard InChI is InChI=1S/C9H7ClFN3O/c1-15-8-3-2-6(4-7(8)11)14-5-12-13-9(14)10/h2-5H,1H3. The van der Waals surface area contributed by atoms with E-state index in [4.69, 9.17) is 16.3 Å². The zero-order valence-corrected chi connectivity index (χ0v) is 8.57. The van der Waals surface area contributed by atoms with E-state index in [2.05, 4.69) is 10.2 Å². The van der Waals surface area contributed by atoms with E-state index in [9.17, 15) is 4.39 Å². The third kappa shape index (κ3) is 1.78. The molecule has 1 heterocycles. The summed E-state index contributed by atoms with van der Waals surface area (Å²) < 4.78 is 19.6. The second kappa shape index (κ2) is 3.86. The fourth-order valence-corrected chi connectivity index (χ4v) is 1.38. The lowest BCUT2D eigenvalue weighted by Crippen LogP contribution is -1.95. The summed E-state index contributed by atoms with van der Waals surface area (Å²) in [7, 11) is 1.41. The van der Waals surface area contributed by atoms with E-state index in [-0.39, 0.29) is 11.0 Å². The van der Waals surface area contributed by atoms with Gasteiger partial charge in [-0.1, -0.05) is 0 Å². The van der Waals surface area contributed by atoms with Crippen LogP contribution in [-0.2, 0) is 0 Å². The van der Waals surface area contributed by atoms with Crippen LogP contribution in [0, 0.1) is 5.82 Å². The van der Waals surface area contributed by atoms with Crippen molar-refractivity contribution in [1.29, 1.82) is 0 Å². The van der Waals surface area contributed by atoms with Crippen molar-refractivity contribution in [1.82, 2.24) is 14.8 Å². The van der Waals surface area contributed by atoms with Crippen molar-refractivity contribution in [2.24, 2.45) is 0 Å². The third-order valence-electron chi connectivity index (χ3n) is 1.92. The van der Waals surface area contributed by atoms with Crippen LogP contribution < -0.4 is 4.74 Å². The summed E-state index contributed by atoms with van der Waals surface area (Å²) >= 11 is 5.74. The van der Waals surface area contributed by atoms with Gasteiger partial charge in [0.1, 0.15) is 6.33 Å². The van der Waals surface area contributed by atoms with Crippen molar-refractivity contribution in [3.05, 3.63) is 35.6 Å². The van der Waals surface area contributed by atoms with E-state index in [1.165, 1.54) is 30.1 Å². The van der Waals surface area contributed by atoms with Gasteiger partial charge in [-0.2, -0.15) is 0 Å². The molecule has 0 amide bonds. The van der Waals surface area contributed by atoms with Crippen LogP contribution in [0.3, 0.4) is 0 Å². The normalized spacial score (nSPS) is 10.3. The van der Waals surface area contributed by atoms with Gasteiger partial charge in [-0.3, -0.25) is 4.57 Å². The number of hydrogen-bond acceptors (Lipinski definition) is 3. The van der Waals surface area contributed by atoms with Crippen LogP contribution in [0.15, 0.2) is 24.5 Å². The quantitative estimate of drug-likeness (QED) is 0.789. The van der Waals surface area contributed by atoms with Gasteiger partial charge in [-0.15, -0.1) is 10.2 Å². The van der Waals surface area contributed by atoms with Crippen LogP contribution >= 0.6 is 11.6 Å². The lowest BCUT2D eigenvalue weighted by molar-refractivity contribution is 0.386. The minimum atomic E-state index is -0.459. The predicted molar refractivity (Wildman–Crippen MR) is 52.9 cm³/mol. The van der Waals surface area contributed by atoms with E-state index >= 15 is 0 Å². The topological polar surface area (TPSA) is 39.9 Å². The molecule has 2 aromatic rings. The lowest BCUT2D eigenvalue weighted by Gasteiger charge is -2.05. The molecule has 0 atom stereocenters. The molecule has 78 valence electrons. The first-order valence-corrected chi connectivity index (χ1v) is 4.49. The van der Waals surface area contributed by atoms with Gasteiger partial charge in [-0.05, 0) is 23.7 Å². The molecule has 0 saturated heterocycles. The Balaban J connectivity index is 2.47. The molecule has 0 unspecified atom stereocenters. The third-order valence-corrected chi connectivity index (χ3v) is 2.18. The van der Waals surface area contributed by atoms with Gasteiger partial charge in [-0.25, -0.2) is 4.39 Å². The number of hydrogen-bond donors (Lipinski definition) is 0. The maximum absolute atomic E-state index is 13.4. The summed E-state index contributed by atoms with van der Waals surface area (Å²) in [4.78, 5) is 0. The molecule has 0 spiro atoms. The lowest BCUT2D eigenvalue weighted by atomic mass is 10.3. The average Bonchev–Trinajstić information content (AvgIpc) is 2.64. The Labute approximate surface area is 90.3 Å². The Morgan fingerprint density at radius 2 is 2.27 bits per heavy atom. The summed E-state index contributed by atoms with van der Waals surface area (Å²) in [6.45, 7) is 0. The van der Waals surface area contributed by atoms with Crippen LogP contribution in [0.2, 0.25) is 5.28 Å². The van der Waals surface area contributed by atoms with Gasteiger partial charge < -0.3 is 4.74 Å². The zero-order valence-electron chi connectivity index (χ0n) is 7.82. The first kappa shape index (κ1) is 9.92. The number of benzene rings is 1. The van der Waals surface area contributed by atoms with Crippen LogP contribution in [0.1, 0.15) is 0 Å². The van der Waals surface area contributed by atoms with Crippen molar-refractivity contribution >= 4 is 11.6 Å². The first-order chi connectivity index (χ1) is 7.22. The minimum Gasteiger partial charge on any atom is -0.494 e. The summed E-state index contributed by atoms with van der Waals surface area (Å²) in [5, 5.41) is 7.37. The number of methoxy groups -OCH3 is 1. The molecule has 0 aliphatic heterocycles. The number of rotatable bonds is 2.